The molecule has 0 aliphatic carbocycles. The predicted molar refractivity (Wildman–Crippen MR) is 79.3 cm³/mol. The van der Waals surface area contributed by atoms with E-state index >= 15 is 0 Å². The zero-order chi connectivity index (χ0) is 13.9. The predicted octanol–water partition coefficient (Wildman–Crippen LogP) is 1.30. The summed E-state index contributed by atoms with van der Waals surface area (Å²) in [6, 6.07) is 0.629. The molecule has 2 rings (SSSR count). The van der Waals surface area contributed by atoms with Crippen molar-refractivity contribution in [3.05, 3.63) is 0 Å². The second-order valence-electron chi connectivity index (χ2n) is 6.38. The summed E-state index contributed by atoms with van der Waals surface area (Å²) in [4.78, 5) is 5.10. The maximum atomic E-state index is 6.20. The number of nitrogens with zero attached hydrogens (tertiary/aromatic N) is 2. The Morgan fingerprint density at radius 1 is 1.37 bits per heavy atom. The third-order valence-corrected chi connectivity index (χ3v) is 5.19. The molecule has 19 heavy (non-hydrogen) atoms. The highest BCUT2D eigenvalue weighted by molar-refractivity contribution is 5.00. The van der Waals surface area contributed by atoms with Crippen LogP contribution in [-0.4, -0.2) is 67.3 Å². The third kappa shape index (κ3) is 3.30. The average Bonchev–Trinajstić information content (AvgIpc) is 2.43. The normalized spacial score (nSPS) is 38.5. The summed E-state index contributed by atoms with van der Waals surface area (Å²) in [7, 11) is 2.23. The Balaban J connectivity index is 2.04. The number of piperidine rings is 2. The quantitative estimate of drug-likeness (QED) is 0.835. The number of rotatable bonds is 4. The molecule has 4 nitrogen and oxygen atoms in total. The van der Waals surface area contributed by atoms with Gasteiger partial charge in [-0.3, -0.25) is 4.90 Å². The van der Waals surface area contributed by atoms with E-state index in [2.05, 4.69) is 30.7 Å². The Morgan fingerprint density at radius 3 is 2.79 bits per heavy atom. The van der Waals surface area contributed by atoms with Crippen LogP contribution in [0.5, 0.6) is 0 Å². The first-order valence-electron chi connectivity index (χ1n) is 7.88. The molecule has 2 fully saturated rings. The smallest absolute Gasteiger partial charge is 0.0702 e. The Kier molecular flexibility index (Phi) is 5.23. The van der Waals surface area contributed by atoms with Crippen LogP contribution in [0.15, 0.2) is 0 Å². The summed E-state index contributed by atoms with van der Waals surface area (Å²) in [6.45, 7) is 9.45. The van der Waals surface area contributed by atoms with Crippen molar-refractivity contribution in [1.82, 2.24) is 9.80 Å². The maximum absolute atomic E-state index is 6.20. The Bertz CT molecular complexity index is 285. The van der Waals surface area contributed by atoms with Gasteiger partial charge in [-0.2, -0.15) is 0 Å². The minimum Gasteiger partial charge on any atom is -0.377 e. The summed E-state index contributed by atoms with van der Waals surface area (Å²) in [5, 5.41) is 0. The van der Waals surface area contributed by atoms with E-state index in [1.54, 1.807) is 0 Å². The molecule has 0 bridgehead atoms. The first-order chi connectivity index (χ1) is 9.11. The fourth-order valence-corrected chi connectivity index (χ4v) is 3.76. The van der Waals surface area contributed by atoms with Gasteiger partial charge in [0.05, 0.1) is 6.10 Å². The molecule has 3 unspecified atom stereocenters. The van der Waals surface area contributed by atoms with Crippen molar-refractivity contribution in [3.63, 3.8) is 0 Å². The molecule has 0 amide bonds. The molecular weight excluding hydrogens is 238 g/mol. The third-order valence-electron chi connectivity index (χ3n) is 5.19. The summed E-state index contributed by atoms with van der Waals surface area (Å²) in [6.07, 6.45) is 5.26. The van der Waals surface area contributed by atoms with Crippen LogP contribution < -0.4 is 5.73 Å². The lowest BCUT2D eigenvalue weighted by Crippen LogP contribution is -2.63. The topological polar surface area (TPSA) is 41.7 Å². The molecule has 2 N–H and O–H groups in total. The van der Waals surface area contributed by atoms with Gasteiger partial charge >= 0.3 is 0 Å². The van der Waals surface area contributed by atoms with E-state index in [1.165, 1.54) is 32.2 Å². The molecule has 0 aromatic rings. The van der Waals surface area contributed by atoms with Gasteiger partial charge in [0.1, 0.15) is 0 Å². The van der Waals surface area contributed by atoms with E-state index in [1.807, 2.05) is 0 Å². The van der Waals surface area contributed by atoms with E-state index in [0.29, 0.717) is 12.1 Å². The van der Waals surface area contributed by atoms with Crippen LogP contribution in [0, 0.1) is 0 Å². The second-order valence-corrected chi connectivity index (χ2v) is 6.38. The van der Waals surface area contributed by atoms with Gasteiger partial charge < -0.3 is 15.4 Å². The number of hydrogen-bond acceptors (Lipinski definition) is 4. The molecule has 4 heteroatoms. The van der Waals surface area contributed by atoms with Crippen molar-refractivity contribution >= 4 is 0 Å². The lowest BCUT2D eigenvalue weighted by Gasteiger charge is -2.52. The Hall–Kier alpha value is -0.160. The molecule has 0 spiro atoms. The van der Waals surface area contributed by atoms with Crippen LogP contribution >= 0.6 is 0 Å². The molecule has 2 aliphatic rings. The van der Waals surface area contributed by atoms with Crippen molar-refractivity contribution in [2.45, 2.75) is 57.2 Å². The number of ether oxygens (including phenoxy) is 1. The van der Waals surface area contributed by atoms with Gasteiger partial charge in [0.15, 0.2) is 0 Å². The second kappa shape index (κ2) is 6.53. The van der Waals surface area contributed by atoms with Crippen LogP contribution in [0.1, 0.15) is 39.5 Å². The van der Waals surface area contributed by atoms with E-state index in [0.717, 1.165) is 26.2 Å². The first kappa shape index (κ1) is 15.2. The van der Waals surface area contributed by atoms with Gasteiger partial charge in [0.2, 0.25) is 0 Å². The monoisotopic (exact) mass is 269 g/mol. The molecule has 2 aliphatic heterocycles. The van der Waals surface area contributed by atoms with Crippen molar-refractivity contribution in [1.29, 1.82) is 0 Å². The van der Waals surface area contributed by atoms with Crippen molar-refractivity contribution < 1.29 is 4.74 Å². The summed E-state index contributed by atoms with van der Waals surface area (Å²) >= 11 is 0. The highest BCUT2D eigenvalue weighted by atomic mass is 16.5. The lowest BCUT2D eigenvalue weighted by molar-refractivity contribution is -0.0573. The van der Waals surface area contributed by atoms with Crippen LogP contribution in [-0.2, 0) is 4.74 Å². The SMILES string of the molecule is CCOC1CCCN(C2(CN)CCN(C)C(C)C2)C1. The zero-order valence-corrected chi connectivity index (χ0v) is 12.9. The fraction of sp³-hybridized carbons (Fsp3) is 1.00. The Labute approximate surface area is 118 Å². The molecule has 0 saturated carbocycles. The van der Waals surface area contributed by atoms with Gasteiger partial charge in [0.25, 0.3) is 0 Å². The van der Waals surface area contributed by atoms with Gasteiger partial charge in [-0.25, -0.2) is 0 Å². The maximum Gasteiger partial charge on any atom is 0.0702 e. The molecule has 2 heterocycles. The van der Waals surface area contributed by atoms with Crippen LogP contribution in [0.4, 0.5) is 0 Å². The molecular formula is C15H31N3O. The number of hydrogen-bond donors (Lipinski definition) is 1. The van der Waals surface area contributed by atoms with Crippen LogP contribution in [0.25, 0.3) is 0 Å². The van der Waals surface area contributed by atoms with Gasteiger partial charge in [-0.05, 0) is 59.7 Å². The zero-order valence-electron chi connectivity index (χ0n) is 12.9. The highest BCUT2D eigenvalue weighted by Crippen LogP contribution is 2.33. The standard InChI is InChI=1S/C15H31N3O/c1-4-19-14-6-5-8-18(11-14)15(12-16)7-9-17(3)13(2)10-15/h13-14H,4-12,16H2,1-3H3. The van der Waals surface area contributed by atoms with E-state index in [-0.39, 0.29) is 5.54 Å². The minimum absolute atomic E-state index is 0.210. The van der Waals surface area contributed by atoms with Gasteiger partial charge in [-0.1, -0.05) is 0 Å². The number of likely N-dealkylation sites (tertiary alicyclic amines) is 2. The largest absolute Gasteiger partial charge is 0.377 e. The van der Waals surface area contributed by atoms with E-state index in [4.69, 9.17) is 10.5 Å². The van der Waals surface area contributed by atoms with Crippen molar-refractivity contribution in [2.75, 3.05) is 39.8 Å². The summed E-state index contributed by atoms with van der Waals surface area (Å²) in [5.41, 5.74) is 6.41. The van der Waals surface area contributed by atoms with Crippen LogP contribution in [0.3, 0.4) is 0 Å². The Morgan fingerprint density at radius 2 is 2.16 bits per heavy atom. The van der Waals surface area contributed by atoms with Crippen molar-refractivity contribution in [2.24, 2.45) is 5.73 Å². The highest BCUT2D eigenvalue weighted by Gasteiger charge is 2.42. The summed E-state index contributed by atoms with van der Waals surface area (Å²) in [5.74, 6) is 0. The average molecular weight is 269 g/mol. The molecule has 0 aromatic heterocycles. The van der Waals surface area contributed by atoms with Crippen LogP contribution in [0.2, 0.25) is 0 Å². The molecule has 2 saturated heterocycles. The van der Waals surface area contributed by atoms with E-state index < -0.39 is 0 Å². The number of nitrogens with two attached hydrogens (primary N) is 1. The molecule has 0 aromatic carbocycles. The minimum atomic E-state index is 0.210. The van der Waals surface area contributed by atoms with E-state index in [9.17, 15) is 0 Å². The molecule has 0 radical (unpaired) electrons. The first-order valence-corrected chi connectivity index (χ1v) is 7.88. The fourth-order valence-electron chi connectivity index (χ4n) is 3.76. The lowest BCUT2D eigenvalue weighted by atomic mass is 9.81. The summed E-state index contributed by atoms with van der Waals surface area (Å²) < 4.78 is 5.85. The van der Waals surface area contributed by atoms with Gasteiger partial charge in [0, 0.05) is 31.3 Å². The molecule has 3 atom stereocenters. The van der Waals surface area contributed by atoms with Gasteiger partial charge in [-0.15, -0.1) is 0 Å². The molecule has 112 valence electrons. The van der Waals surface area contributed by atoms with Crippen molar-refractivity contribution in [3.8, 4) is 0 Å².